The Morgan fingerprint density at radius 2 is 1.69 bits per heavy atom. The molecule has 1 N–H and O–H groups in total. The van der Waals surface area contributed by atoms with Gasteiger partial charge in [-0.15, -0.1) is 10.2 Å². The van der Waals surface area contributed by atoms with E-state index in [1.165, 1.54) is 0 Å². The van der Waals surface area contributed by atoms with Crippen molar-refractivity contribution >= 4 is 22.2 Å². The van der Waals surface area contributed by atoms with Gasteiger partial charge in [-0.1, -0.05) is 11.3 Å². The summed E-state index contributed by atoms with van der Waals surface area (Å²) in [6.45, 7) is 1.23. The van der Waals surface area contributed by atoms with E-state index in [9.17, 15) is 13.2 Å². The lowest BCUT2D eigenvalue weighted by molar-refractivity contribution is -0.138. The number of rotatable bonds is 5. The van der Waals surface area contributed by atoms with Gasteiger partial charge in [0.1, 0.15) is 11.5 Å². The standard InChI is InChI=1S/C16H19F3N4O2S/c1-24-12-7-11(8-13(9-12)25-2)20-10-3-5-23(6-4-10)15-22-21-14(26-15)16(17,18)19/h7-10,20H,3-6H2,1-2H3. The molecule has 10 heteroatoms. The molecule has 1 aromatic heterocycles. The summed E-state index contributed by atoms with van der Waals surface area (Å²) in [5.41, 5.74) is 0.884. The summed E-state index contributed by atoms with van der Waals surface area (Å²) >= 11 is 0.587. The normalized spacial score (nSPS) is 15.8. The van der Waals surface area contributed by atoms with Gasteiger partial charge < -0.3 is 19.7 Å². The first-order valence-corrected chi connectivity index (χ1v) is 8.86. The number of alkyl halides is 3. The molecule has 0 radical (unpaired) electrons. The zero-order valence-corrected chi connectivity index (χ0v) is 15.2. The van der Waals surface area contributed by atoms with Crippen molar-refractivity contribution in [2.75, 3.05) is 37.5 Å². The van der Waals surface area contributed by atoms with E-state index in [2.05, 4.69) is 15.5 Å². The van der Waals surface area contributed by atoms with Gasteiger partial charge >= 0.3 is 6.18 Å². The van der Waals surface area contributed by atoms with Crippen molar-refractivity contribution in [1.29, 1.82) is 0 Å². The number of hydrogen-bond donors (Lipinski definition) is 1. The van der Waals surface area contributed by atoms with Gasteiger partial charge in [0.25, 0.3) is 0 Å². The van der Waals surface area contributed by atoms with Crippen LogP contribution in [-0.2, 0) is 6.18 Å². The minimum Gasteiger partial charge on any atom is -0.497 e. The fourth-order valence-electron chi connectivity index (χ4n) is 2.80. The molecule has 6 nitrogen and oxygen atoms in total. The second-order valence-electron chi connectivity index (χ2n) is 5.89. The minimum atomic E-state index is -4.44. The Bertz CT molecular complexity index is 723. The number of halogens is 3. The molecule has 0 amide bonds. The Labute approximate surface area is 152 Å². The highest BCUT2D eigenvalue weighted by Gasteiger charge is 2.36. The zero-order chi connectivity index (χ0) is 18.7. The lowest BCUT2D eigenvalue weighted by Gasteiger charge is -2.32. The van der Waals surface area contributed by atoms with E-state index in [0.717, 1.165) is 18.5 Å². The summed E-state index contributed by atoms with van der Waals surface area (Å²) in [6.07, 6.45) is -2.89. The van der Waals surface area contributed by atoms with E-state index in [-0.39, 0.29) is 6.04 Å². The van der Waals surface area contributed by atoms with Crippen LogP contribution in [0.25, 0.3) is 0 Å². The smallest absolute Gasteiger partial charge is 0.445 e. The van der Waals surface area contributed by atoms with Gasteiger partial charge in [-0.2, -0.15) is 13.2 Å². The largest absolute Gasteiger partial charge is 0.497 e. The molecule has 1 aliphatic heterocycles. The van der Waals surface area contributed by atoms with Crippen LogP contribution in [-0.4, -0.2) is 43.5 Å². The highest BCUT2D eigenvalue weighted by atomic mass is 32.1. The molecule has 0 saturated carbocycles. The molecule has 142 valence electrons. The Hall–Kier alpha value is -2.23. The molecule has 0 unspecified atom stereocenters. The first-order chi connectivity index (χ1) is 12.4. The molecule has 1 aromatic carbocycles. The highest BCUT2D eigenvalue weighted by molar-refractivity contribution is 7.15. The molecule has 1 aliphatic rings. The summed E-state index contributed by atoms with van der Waals surface area (Å²) in [5, 5.41) is 9.77. The van der Waals surface area contributed by atoms with Crippen molar-refractivity contribution in [1.82, 2.24) is 10.2 Å². The maximum absolute atomic E-state index is 12.7. The number of nitrogens with zero attached hydrogens (tertiary/aromatic N) is 3. The number of benzene rings is 1. The Morgan fingerprint density at radius 1 is 1.08 bits per heavy atom. The maximum Gasteiger partial charge on any atom is 0.445 e. The average molecular weight is 388 g/mol. The van der Waals surface area contributed by atoms with Crippen LogP contribution in [0.5, 0.6) is 11.5 Å². The van der Waals surface area contributed by atoms with Gasteiger partial charge in [-0.25, -0.2) is 0 Å². The fraction of sp³-hybridized carbons (Fsp3) is 0.500. The topological polar surface area (TPSA) is 59.5 Å². The van der Waals surface area contributed by atoms with Crippen molar-refractivity contribution in [2.24, 2.45) is 0 Å². The van der Waals surface area contributed by atoms with Crippen LogP contribution in [0.15, 0.2) is 18.2 Å². The molecular weight excluding hydrogens is 369 g/mol. The van der Waals surface area contributed by atoms with Crippen molar-refractivity contribution in [3.05, 3.63) is 23.2 Å². The van der Waals surface area contributed by atoms with Crippen LogP contribution in [0.1, 0.15) is 17.8 Å². The van der Waals surface area contributed by atoms with E-state index >= 15 is 0 Å². The van der Waals surface area contributed by atoms with Crippen molar-refractivity contribution < 1.29 is 22.6 Å². The van der Waals surface area contributed by atoms with Crippen LogP contribution in [0.4, 0.5) is 24.0 Å². The molecular formula is C16H19F3N4O2S. The van der Waals surface area contributed by atoms with Gasteiger partial charge in [-0.3, -0.25) is 0 Å². The maximum atomic E-state index is 12.7. The molecule has 3 rings (SSSR count). The number of piperidine rings is 1. The quantitative estimate of drug-likeness (QED) is 0.844. The van der Waals surface area contributed by atoms with E-state index < -0.39 is 11.2 Å². The lowest BCUT2D eigenvalue weighted by Crippen LogP contribution is -2.39. The molecule has 0 spiro atoms. The van der Waals surface area contributed by atoms with Gasteiger partial charge in [0.05, 0.1) is 14.2 Å². The first-order valence-electron chi connectivity index (χ1n) is 8.04. The van der Waals surface area contributed by atoms with Crippen LogP contribution in [0.2, 0.25) is 0 Å². The van der Waals surface area contributed by atoms with E-state index in [0.29, 0.717) is 41.1 Å². The van der Waals surface area contributed by atoms with Crippen molar-refractivity contribution in [2.45, 2.75) is 25.1 Å². The minimum absolute atomic E-state index is 0.207. The third-order valence-electron chi connectivity index (χ3n) is 4.14. The first kappa shape index (κ1) is 18.6. The molecule has 0 aliphatic carbocycles. The van der Waals surface area contributed by atoms with Gasteiger partial charge in [0.15, 0.2) is 0 Å². The Morgan fingerprint density at radius 3 is 2.19 bits per heavy atom. The van der Waals surface area contributed by atoms with Crippen LogP contribution < -0.4 is 19.7 Å². The number of ether oxygens (including phenoxy) is 2. The summed E-state index contributed by atoms with van der Waals surface area (Å²) < 4.78 is 48.5. The molecule has 0 atom stereocenters. The van der Waals surface area contributed by atoms with Crippen LogP contribution >= 0.6 is 11.3 Å². The zero-order valence-electron chi connectivity index (χ0n) is 14.3. The molecule has 2 aromatic rings. The number of methoxy groups -OCH3 is 2. The van der Waals surface area contributed by atoms with E-state index in [1.807, 2.05) is 17.0 Å². The second kappa shape index (κ2) is 7.56. The molecule has 2 heterocycles. The monoisotopic (exact) mass is 388 g/mol. The third-order valence-corrected chi connectivity index (χ3v) is 5.17. The highest BCUT2D eigenvalue weighted by Crippen LogP contribution is 2.35. The van der Waals surface area contributed by atoms with Gasteiger partial charge in [0, 0.05) is 43.0 Å². The molecule has 26 heavy (non-hydrogen) atoms. The molecule has 1 fully saturated rings. The predicted octanol–water partition coefficient (Wildman–Crippen LogP) is 3.66. The summed E-state index contributed by atoms with van der Waals surface area (Å²) in [7, 11) is 3.18. The van der Waals surface area contributed by atoms with Gasteiger partial charge in [0.2, 0.25) is 10.1 Å². The number of anilines is 2. The number of nitrogens with one attached hydrogen (secondary N) is 1. The Kier molecular flexibility index (Phi) is 5.40. The predicted molar refractivity (Wildman–Crippen MR) is 93.3 cm³/mol. The second-order valence-corrected chi connectivity index (χ2v) is 6.85. The van der Waals surface area contributed by atoms with Crippen molar-refractivity contribution in [3.8, 4) is 11.5 Å². The lowest BCUT2D eigenvalue weighted by atomic mass is 10.0. The molecule has 0 bridgehead atoms. The Balaban J connectivity index is 1.60. The summed E-state index contributed by atoms with van der Waals surface area (Å²) in [4.78, 5) is 1.84. The number of aromatic nitrogens is 2. The van der Waals surface area contributed by atoms with Crippen molar-refractivity contribution in [3.63, 3.8) is 0 Å². The van der Waals surface area contributed by atoms with Crippen LogP contribution in [0, 0.1) is 0 Å². The molecule has 1 saturated heterocycles. The van der Waals surface area contributed by atoms with E-state index in [4.69, 9.17) is 9.47 Å². The fourth-order valence-corrected chi connectivity index (χ4v) is 3.56. The van der Waals surface area contributed by atoms with Crippen LogP contribution in [0.3, 0.4) is 0 Å². The SMILES string of the molecule is COc1cc(NC2CCN(c3nnc(C(F)(F)F)s3)CC2)cc(OC)c1. The van der Waals surface area contributed by atoms with Gasteiger partial charge in [-0.05, 0) is 12.8 Å². The summed E-state index contributed by atoms with van der Waals surface area (Å²) in [6, 6.07) is 5.77. The number of hydrogen-bond acceptors (Lipinski definition) is 7. The average Bonchev–Trinajstić information content (AvgIpc) is 3.12. The summed E-state index contributed by atoms with van der Waals surface area (Å²) in [5.74, 6) is 1.38. The van der Waals surface area contributed by atoms with E-state index in [1.54, 1.807) is 20.3 Å². The third kappa shape index (κ3) is 4.29.